The zero-order valence-electron chi connectivity index (χ0n) is 9.27. The highest BCUT2D eigenvalue weighted by Crippen LogP contribution is 2.18. The smallest absolute Gasteiger partial charge is 0.328 e. The highest BCUT2D eigenvalue weighted by Gasteiger charge is 2.20. The van der Waals surface area contributed by atoms with E-state index in [1.807, 2.05) is 4.72 Å². The van der Waals surface area contributed by atoms with Crippen LogP contribution in [0, 0.1) is 0 Å². The Kier molecular flexibility index (Phi) is 4.30. The summed E-state index contributed by atoms with van der Waals surface area (Å²) in [7, 11) is -3.99. The van der Waals surface area contributed by atoms with Gasteiger partial charge >= 0.3 is 6.03 Å². The largest absolute Gasteiger partial charge is 0.335 e. The number of pyridine rings is 1. The van der Waals surface area contributed by atoms with Crippen LogP contribution in [-0.4, -0.2) is 25.5 Å². The number of sulfonamides is 1. The Balaban J connectivity index is 2.91. The predicted octanol–water partition coefficient (Wildman–Crippen LogP) is 1.13. The first-order chi connectivity index (χ1) is 7.83. The molecule has 1 aromatic heterocycles. The van der Waals surface area contributed by atoms with Gasteiger partial charge in [0, 0.05) is 18.4 Å². The zero-order valence-corrected chi connectivity index (χ0v) is 10.8. The Bertz CT molecular complexity index is 516. The topological polar surface area (TPSA) is 88.2 Å². The van der Waals surface area contributed by atoms with Crippen molar-refractivity contribution < 1.29 is 13.2 Å². The van der Waals surface area contributed by atoms with Crippen LogP contribution in [0.15, 0.2) is 23.4 Å². The van der Waals surface area contributed by atoms with Crippen molar-refractivity contribution in [3.63, 3.8) is 0 Å². The van der Waals surface area contributed by atoms with Gasteiger partial charge in [-0.25, -0.2) is 17.9 Å². The average Bonchev–Trinajstić information content (AvgIpc) is 2.15. The van der Waals surface area contributed by atoms with Gasteiger partial charge in [-0.1, -0.05) is 11.6 Å². The highest BCUT2D eigenvalue weighted by atomic mass is 35.5. The molecule has 1 aromatic rings. The van der Waals surface area contributed by atoms with Gasteiger partial charge in [-0.15, -0.1) is 0 Å². The fourth-order valence-corrected chi connectivity index (χ4v) is 2.38. The first kappa shape index (κ1) is 13.7. The van der Waals surface area contributed by atoms with E-state index in [9.17, 15) is 13.2 Å². The minimum atomic E-state index is -3.99. The first-order valence-corrected chi connectivity index (χ1v) is 6.62. The van der Waals surface area contributed by atoms with E-state index in [-0.39, 0.29) is 16.0 Å². The molecule has 0 radical (unpaired) electrons. The molecule has 0 aliphatic carbocycles. The molecule has 0 unspecified atom stereocenters. The molecule has 2 N–H and O–H groups in total. The minimum absolute atomic E-state index is 0.00449. The van der Waals surface area contributed by atoms with E-state index < -0.39 is 16.1 Å². The van der Waals surface area contributed by atoms with Crippen LogP contribution in [0.1, 0.15) is 13.8 Å². The van der Waals surface area contributed by atoms with Crippen molar-refractivity contribution >= 4 is 27.7 Å². The van der Waals surface area contributed by atoms with E-state index in [0.717, 1.165) is 6.20 Å². The van der Waals surface area contributed by atoms with Crippen molar-refractivity contribution in [3.05, 3.63) is 23.5 Å². The number of amides is 2. The van der Waals surface area contributed by atoms with Gasteiger partial charge in [-0.2, -0.15) is 0 Å². The lowest BCUT2D eigenvalue weighted by Crippen LogP contribution is -2.42. The molecule has 0 saturated heterocycles. The Morgan fingerprint density at radius 3 is 2.65 bits per heavy atom. The summed E-state index contributed by atoms with van der Waals surface area (Å²) >= 11 is 5.71. The molecule has 0 spiro atoms. The van der Waals surface area contributed by atoms with Crippen LogP contribution in [0.3, 0.4) is 0 Å². The SMILES string of the molecule is CC(C)NC(=O)NS(=O)(=O)c1cnccc1Cl. The van der Waals surface area contributed by atoms with Crippen molar-refractivity contribution in [2.24, 2.45) is 0 Å². The zero-order chi connectivity index (χ0) is 13.1. The van der Waals surface area contributed by atoms with E-state index in [2.05, 4.69) is 10.3 Å². The van der Waals surface area contributed by atoms with Crippen molar-refractivity contribution in [1.29, 1.82) is 0 Å². The normalized spacial score (nSPS) is 11.3. The summed E-state index contributed by atoms with van der Waals surface area (Å²) in [6, 6.07) is 0.353. The maximum atomic E-state index is 11.7. The van der Waals surface area contributed by atoms with Crippen molar-refractivity contribution in [3.8, 4) is 0 Å². The number of nitrogens with zero attached hydrogens (tertiary/aromatic N) is 1. The number of nitrogens with one attached hydrogen (secondary N) is 2. The van der Waals surface area contributed by atoms with E-state index in [1.165, 1.54) is 12.3 Å². The molecule has 17 heavy (non-hydrogen) atoms. The summed E-state index contributed by atoms with van der Waals surface area (Å²) in [6.45, 7) is 3.42. The second-order valence-electron chi connectivity index (χ2n) is 3.54. The number of hydrogen-bond acceptors (Lipinski definition) is 4. The minimum Gasteiger partial charge on any atom is -0.335 e. The first-order valence-electron chi connectivity index (χ1n) is 4.76. The van der Waals surface area contributed by atoms with E-state index in [0.29, 0.717) is 0 Å². The van der Waals surface area contributed by atoms with Crippen LogP contribution < -0.4 is 10.0 Å². The number of carbonyl (C=O) groups excluding carboxylic acids is 1. The number of rotatable bonds is 3. The molecular formula is C9H12ClN3O3S. The predicted molar refractivity (Wildman–Crippen MR) is 63.2 cm³/mol. The summed E-state index contributed by atoms with van der Waals surface area (Å²) in [4.78, 5) is 14.7. The maximum Gasteiger partial charge on any atom is 0.328 e. The summed E-state index contributed by atoms with van der Waals surface area (Å²) in [5.41, 5.74) is 0. The summed E-state index contributed by atoms with van der Waals surface area (Å²) < 4.78 is 25.3. The van der Waals surface area contributed by atoms with Gasteiger partial charge in [0.15, 0.2) is 0 Å². The average molecular weight is 278 g/mol. The van der Waals surface area contributed by atoms with E-state index in [1.54, 1.807) is 13.8 Å². The van der Waals surface area contributed by atoms with Crippen LogP contribution in [-0.2, 0) is 10.0 Å². The van der Waals surface area contributed by atoms with Gasteiger partial charge in [-0.3, -0.25) is 4.98 Å². The third-order valence-corrected chi connectivity index (χ3v) is 3.47. The van der Waals surface area contributed by atoms with Crippen LogP contribution in [0.4, 0.5) is 4.79 Å². The van der Waals surface area contributed by atoms with E-state index >= 15 is 0 Å². The second-order valence-corrected chi connectivity index (χ2v) is 5.60. The molecule has 0 fully saturated rings. The Labute approximate surface area is 104 Å². The quantitative estimate of drug-likeness (QED) is 0.867. The molecular weight excluding hydrogens is 266 g/mol. The number of halogens is 1. The number of hydrogen-bond donors (Lipinski definition) is 2. The maximum absolute atomic E-state index is 11.7. The third-order valence-electron chi connectivity index (χ3n) is 1.67. The molecule has 2 amide bonds. The molecule has 6 nitrogen and oxygen atoms in total. The number of urea groups is 1. The van der Waals surface area contributed by atoms with Crippen molar-refractivity contribution in [2.75, 3.05) is 0 Å². The number of aromatic nitrogens is 1. The van der Waals surface area contributed by atoms with Gasteiger partial charge in [-0.05, 0) is 19.9 Å². The fourth-order valence-electron chi connectivity index (χ4n) is 1.03. The van der Waals surface area contributed by atoms with Gasteiger partial charge in [0.2, 0.25) is 0 Å². The molecule has 1 heterocycles. The Morgan fingerprint density at radius 1 is 1.47 bits per heavy atom. The molecule has 0 atom stereocenters. The molecule has 0 saturated carbocycles. The molecule has 94 valence electrons. The fraction of sp³-hybridized carbons (Fsp3) is 0.333. The lowest BCUT2D eigenvalue weighted by Gasteiger charge is -2.11. The third kappa shape index (κ3) is 3.86. The lowest BCUT2D eigenvalue weighted by molar-refractivity contribution is 0.243. The second kappa shape index (κ2) is 5.33. The number of carbonyl (C=O) groups is 1. The molecule has 0 aliphatic rings. The molecule has 0 aromatic carbocycles. The lowest BCUT2D eigenvalue weighted by atomic mass is 10.4. The standard InChI is InChI=1S/C9H12ClN3O3S/c1-6(2)12-9(14)13-17(15,16)8-5-11-4-3-7(8)10/h3-6H,1-2H3,(H2,12,13,14). The van der Waals surface area contributed by atoms with Gasteiger partial charge in [0.1, 0.15) is 4.90 Å². The summed E-state index contributed by atoms with van der Waals surface area (Å²) in [5.74, 6) is 0. The van der Waals surface area contributed by atoms with Gasteiger partial charge in [0.05, 0.1) is 5.02 Å². The monoisotopic (exact) mass is 277 g/mol. The Hall–Kier alpha value is -1.34. The molecule has 8 heteroatoms. The van der Waals surface area contributed by atoms with Crippen LogP contribution in [0.5, 0.6) is 0 Å². The van der Waals surface area contributed by atoms with Crippen LogP contribution in [0.2, 0.25) is 5.02 Å². The molecule has 1 rings (SSSR count). The van der Waals surface area contributed by atoms with Gasteiger partial charge < -0.3 is 5.32 Å². The molecule has 0 aliphatic heterocycles. The van der Waals surface area contributed by atoms with E-state index in [4.69, 9.17) is 11.6 Å². The summed E-state index contributed by atoms with van der Waals surface area (Å²) in [5, 5.41) is 2.40. The highest BCUT2D eigenvalue weighted by molar-refractivity contribution is 7.90. The van der Waals surface area contributed by atoms with Crippen molar-refractivity contribution in [2.45, 2.75) is 24.8 Å². The Morgan fingerprint density at radius 2 is 2.12 bits per heavy atom. The van der Waals surface area contributed by atoms with Crippen LogP contribution in [0.25, 0.3) is 0 Å². The van der Waals surface area contributed by atoms with Crippen molar-refractivity contribution in [1.82, 2.24) is 15.0 Å². The van der Waals surface area contributed by atoms with Crippen LogP contribution >= 0.6 is 11.6 Å². The molecule has 0 bridgehead atoms. The summed E-state index contributed by atoms with van der Waals surface area (Å²) in [6.07, 6.45) is 2.43. The van der Waals surface area contributed by atoms with Gasteiger partial charge in [0.25, 0.3) is 10.0 Å².